The Hall–Kier alpha value is -4.45. The quantitative estimate of drug-likeness (QED) is 0.315. The van der Waals surface area contributed by atoms with Gasteiger partial charge in [-0.2, -0.15) is 0 Å². The lowest BCUT2D eigenvalue weighted by atomic mass is 10.0. The third kappa shape index (κ3) is 4.64. The summed E-state index contributed by atoms with van der Waals surface area (Å²) in [6.07, 6.45) is 6.33. The Bertz CT molecular complexity index is 1470. The average Bonchev–Trinajstić information content (AvgIpc) is 3.27. The van der Waals surface area contributed by atoms with Crippen molar-refractivity contribution in [3.8, 4) is 11.3 Å². The van der Waals surface area contributed by atoms with Gasteiger partial charge in [-0.05, 0) is 42.2 Å². The molecule has 0 unspecified atom stereocenters. The van der Waals surface area contributed by atoms with Crippen LogP contribution in [-0.2, 0) is 13.0 Å². The lowest BCUT2D eigenvalue weighted by molar-refractivity contribution is 0.0951. The van der Waals surface area contributed by atoms with Crippen LogP contribution in [0.4, 0.5) is 11.5 Å². The molecule has 0 atom stereocenters. The zero-order valence-electron chi connectivity index (χ0n) is 19.8. The third-order valence-electron chi connectivity index (χ3n) is 6.13. The van der Waals surface area contributed by atoms with Crippen LogP contribution in [0.3, 0.4) is 0 Å². The molecule has 0 aliphatic heterocycles. The van der Waals surface area contributed by atoms with E-state index in [1.807, 2.05) is 65.2 Å². The van der Waals surface area contributed by atoms with Gasteiger partial charge in [0.25, 0.3) is 5.91 Å². The van der Waals surface area contributed by atoms with Crippen LogP contribution in [0.25, 0.3) is 16.9 Å². The Morgan fingerprint density at radius 3 is 2.54 bits per heavy atom. The van der Waals surface area contributed by atoms with Gasteiger partial charge in [-0.25, -0.2) is 4.98 Å². The van der Waals surface area contributed by atoms with Crippen LogP contribution in [0.5, 0.6) is 0 Å². The number of anilines is 2. The molecule has 6 nitrogen and oxygen atoms in total. The molecular formula is C29H27N5O. The standard InChI is InChI=1S/C29H27N5O/c1-3-22-11-7-8-20(2)26(22)33-28-27(32-25-19-30-16-17-34(25)28)23-12-14-24(15-13-23)29(35)31-18-21-9-5-4-6-10-21/h4-17,19,33H,3,18H2,1-2H3,(H,31,35). The second-order valence-electron chi connectivity index (χ2n) is 8.45. The van der Waals surface area contributed by atoms with E-state index < -0.39 is 0 Å². The summed E-state index contributed by atoms with van der Waals surface area (Å²) in [6, 6.07) is 23.8. The molecule has 3 aromatic carbocycles. The monoisotopic (exact) mass is 461 g/mol. The highest BCUT2D eigenvalue weighted by atomic mass is 16.1. The Labute approximate surface area is 204 Å². The fourth-order valence-corrected chi connectivity index (χ4v) is 4.21. The highest BCUT2D eigenvalue weighted by molar-refractivity contribution is 5.95. The average molecular weight is 462 g/mol. The molecule has 174 valence electrons. The molecule has 0 radical (unpaired) electrons. The van der Waals surface area contributed by atoms with Gasteiger partial charge in [0, 0.05) is 35.8 Å². The second kappa shape index (κ2) is 9.81. The molecule has 0 aliphatic carbocycles. The van der Waals surface area contributed by atoms with E-state index in [-0.39, 0.29) is 5.91 Å². The van der Waals surface area contributed by atoms with Crippen LogP contribution >= 0.6 is 0 Å². The highest BCUT2D eigenvalue weighted by Gasteiger charge is 2.17. The predicted octanol–water partition coefficient (Wildman–Crippen LogP) is 5.94. The number of fused-ring (bicyclic) bond motifs is 1. The highest BCUT2D eigenvalue weighted by Crippen LogP contribution is 2.33. The van der Waals surface area contributed by atoms with Gasteiger partial charge in [-0.1, -0.05) is 67.6 Å². The number of imidazole rings is 1. The number of aryl methyl sites for hydroxylation is 2. The number of rotatable bonds is 7. The number of nitrogens with zero attached hydrogens (tertiary/aromatic N) is 3. The number of amides is 1. The topological polar surface area (TPSA) is 71.3 Å². The van der Waals surface area contributed by atoms with Crippen molar-refractivity contribution in [1.29, 1.82) is 0 Å². The van der Waals surface area contributed by atoms with E-state index in [1.54, 1.807) is 12.4 Å². The van der Waals surface area contributed by atoms with Crippen molar-refractivity contribution in [2.45, 2.75) is 26.8 Å². The van der Waals surface area contributed by atoms with Crippen LogP contribution in [0.2, 0.25) is 0 Å². The lowest BCUT2D eigenvalue weighted by Crippen LogP contribution is -2.22. The Morgan fingerprint density at radius 1 is 0.971 bits per heavy atom. The van der Waals surface area contributed by atoms with Gasteiger partial charge in [0.05, 0.1) is 6.20 Å². The molecule has 6 heteroatoms. The summed E-state index contributed by atoms with van der Waals surface area (Å²) in [4.78, 5) is 21.8. The lowest BCUT2D eigenvalue weighted by Gasteiger charge is -2.15. The predicted molar refractivity (Wildman–Crippen MR) is 140 cm³/mol. The van der Waals surface area contributed by atoms with E-state index in [0.717, 1.165) is 40.4 Å². The summed E-state index contributed by atoms with van der Waals surface area (Å²) < 4.78 is 2.01. The van der Waals surface area contributed by atoms with Gasteiger partial charge in [0.2, 0.25) is 0 Å². The van der Waals surface area contributed by atoms with Crippen molar-refractivity contribution in [2.24, 2.45) is 0 Å². The van der Waals surface area contributed by atoms with Crippen molar-refractivity contribution in [3.63, 3.8) is 0 Å². The molecule has 2 N–H and O–H groups in total. The molecule has 1 amide bonds. The van der Waals surface area contributed by atoms with Gasteiger partial charge in [-0.15, -0.1) is 0 Å². The Kier molecular flexibility index (Phi) is 6.26. The number of para-hydroxylation sites is 1. The van der Waals surface area contributed by atoms with Gasteiger partial charge in [0.1, 0.15) is 11.5 Å². The van der Waals surface area contributed by atoms with E-state index in [1.165, 1.54) is 11.1 Å². The number of carbonyl (C=O) groups excluding carboxylic acids is 1. The summed E-state index contributed by atoms with van der Waals surface area (Å²) in [7, 11) is 0. The summed E-state index contributed by atoms with van der Waals surface area (Å²) in [5.41, 5.74) is 7.65. The number of benzene rings is 3. The van der Waals surface area contributed by atoms with Crippen molar-refractivity contribution >= 4 is 23.1 Å². The first-order valence-corrected chi connectivity index (χ1v) is 11.7. The summed E-state index contributed by atoms with van der Waals surface area (Å²) in [5, 5.41) is 6.63. The van der Waals surface area contributed by atoms with Gasteiger partial charge >= 0.3 is 0 Å². The first kappa shape index (κ1) is 22.3. The van der Waals surface area contributed by atoms with Crippen LogP contribution in [0.1, 0.15) is 34.0 Å². The molecule has 2 aromatic heterocycles. The van der Waals surface area contributed by atoms with Crippen LogP contribution in [0, 0.1) is 6.92 Å². The van der Waals surface area contributed by atoms with E-state index in [9.17, 15) is 4.79 Å². The summed E-state index contributed by atoms with van der Waals surface area (Å²) in [6.45, 7) is 4.75. The largest absolute Gasteiger partial charge is 0.348 e. The SMILES string of the molecule is CCc1cccc(C)c1Nc1c(-c2ccc(C(=O)NCc3ccccc3)cc2)nc2cnccn12. The van der Waals surface area contributed by atoms with Gasteiger partial charge in [0.15, 0.2) is 5.65 Å². The summed E-state index contributed by atoms with van der Waals surface area (Å²) >= 11 is 0. The van der Waals surface area contributed by atoms with Crippen LogP contribution in [0.15, 0.2) is 91.4 Å². The molecule has 0 fully saturated rings. The first-order valence-electron chi connectivity index (χ1n) is 11.7. The van der Waals surface area contributed by atoms with E-state index in [2.05, 4.69) is 47.7 Å². The Balaban J connectivity index is 1.46. The fourth-order valence-electron chi connectivity index (χ4n) is 4.21. The van der Waals surface area contributed by atoms with Gasteiger partial charge in [-0.3, -0.25) is 14.2 Å². The molecular weight excluding hydrogens is 434 g/mol. The Morgan fingerprint density at radius 2 is 1.77 bits per heavy atom. The van der Waals surface area contributed by atoms with Crippen molar-refractivity contribution in [3.05, 3.63) is 114 Å². The minimum absolute atomic E-state index is 0.106. The number of carbonyl (C=O) groups is 1. The number of nitrogens with one attached hydrogen (secondary N) is 2. The summed E-state index contributed by atoms with van der Waals surface area (Å²) in [5.74, 6) is 0.762. The molecule has 0 saturated carbocycles. The van der Waals surface area contributed by atoms with Crippen LogP contribution < -0.4 is 10.6 Å². The number of hydrogen-bond donors (Lipinski definition) is 2. The fraction of sp³-hybridized carbons (Fsp3) is 0.138. The second-order valence-corrected chi connectivity index (χ2v) is 8.45. The molecule has 5 aromatic rings. The molecule has 0 aliphatic rings. The van der Waals surface area contributed by atoms with E-state index >= 15 is 0 Å². The molecule has 0 spiro atoms. The smallest absolute Gasteiger partial charge is 0.251 e. The van der Waals surface area contributed by atoms with Gasteiger partial charge < -0.3 is 10.6 Å². The molecule has 2 heterocycles. The minimum atomic E-state index is -0.106. The number of hydrogen-bond acceptors (Lipinski definition) is 4. The molecule has 5 rings (SSSR count). The number of aromatic nitrogens is 3. The minimum Gasteiger partial charge on any atom is -0.348 e. The third-order valence-corrected chi connectivity index (χ3v) is 6.13. The van der Waals surface area contributed by atoms with Crippen molar-refractivity contribution in [2.75, 3.05) is 5.32 Å². The maximum absolute atomic E-state index is 12.7. The zero-order valence-corrected chi connectivity index (χ0v) is 19.8. The van der Waals surface area contributed by atoms with Crippen LogP contribution in [-0.4, -0.2) is 20.3 Å². The maximum atomic E-state index is 12.7. The van der Waals surface area contributed by atoms with E-state index in [4.69, 9.17) is 4.98 Å². The van der Waals surface area contributed by atoms with Crippen molar-refractivity contribution in [1.82, 2.24) is 19.7 Å². The maximum Gasteiger partial charge on any atom is 0.251 e. The normalized spacial score (nSPS) is 10.9. The first-order chi connectivity index (χ1) is 17.1. The van der Waals surface area contributed by atoms with E-state index in [0.29, 0.717) is 12.1 Å². The molecule has 0 saturated heterocycles. The molecule has 0 bridgehead atoms. The van der Waals surface area contributed by atoms with Crippen molar-refractivity contribution < 1.29 is 4.79 Å². The zero-order chi connectivity index (χ0) is 24.2. The molecule has 35 heavy (non-hydrogen) atoms.